The van der Waals surface area contributed by atoms with E-state index < -0.39 is 4.92 Å². The molecular formula is C19H17ClN4O3. The molecule has 3 rings (SSSR count). The van der Waals surface area contributed by atoms with Crippen molar-refractivity contribution in [2.24, 2.45) is 0 Å². The molecule has 0 radical (unpaired) electrons. The van der Waals surface area contributed by atoms with Crippen molar-refractivity contribution in [2.75, 3.05) is 5.32 Å². The number of aryl methyl sites for hydroxylation is 1. The fourth-order valence-electron chi connectivity index (χ4n) is 2.80. The number of hydrogen-bond donors (Lipinski definition) is 1. The Balaban J connectivity index is 1.74. The van der Waals surface area contributed by atoms with Gasteiger partial charge in [-0.2, -0.15) is 5.10 Å². The lowest BCUT2D eigenvalue weighted by atomic mass is 10.1. The van der Waals surface area contributed by atoms with E-state index in [0.717, 1.165) is 5.56 Å². The number of aromatic nitrogens is 2. The second-order valence-electron chi connectivity index (χ2n) is 6.07. The molecule has 1 amide bonds. The first kappa shape index (κ1) is 18.6. The molecule has 27 heavy (non-hydrogen) atoms. The smallest absolute Gasteiger partial charge is 0.312 e. The van der Waals surface area contributed by atoms with Crippen LogP contribution in [0.2, 0.25) is 5.02 Å². The maximum absolute atomic E-state index is 12.4. The zero-order valence-electron chi connectivity index (χ0n) is 14.8. The number of hydrogen-bond acceptors (Lipinski definition) is 4. The van der Waals surface area contributed by atoms with Crippen molar-refractivity contribution >= 4 is 28.9 Å². The molecule has 2 aromatic carbocycles. The number of amides is 1. The Kier molecular flexibility index (Phi) is 5.23. The molecule has 8 heteroatoms. The number of carbonyl (C=O) groups is 1. The largest absolute Gasteiger partial charge is 0.321 e. The Morgan fingerprint density at radius 1 is 1.19 bits per heavy atom. The Labute approximate surface area is 160 Å². The molecule has 0 saturated carbocycles. The molecule has 1 N–H and O–H groups in total. The third-order valence-electron chi connectivity index (χ3n) is 4.20. The maximum Gasteiger partial charge on any atom is 0.312 e. The lowest BCUT2D eigenvalue weighted by Gasteiger charge is -2.08. The van der Waals surface area contributed by atoms with Crippen molar-refractivity contribution in [1.82, 2.24) is 9.78 Å². The summed E-state index contributed by atoms with van der Waals surface area (Å²) >= 11 is 6.05. The quantitative estimate of drug-likeness (QED) is 0.522. The number of nitrogens with zero attached hydrogens (tertiary/aromatic N) is 3. The number of benzene rings is 2. The summed E-state index contributed by atoms with van der Waals surface area (Å²) in [6.07, 6.45) is 0. The van der Waals surface area contributed by atoms with E-state index in [2.05, 4.69) is 10.4 Å². The molecule has 0 bridgehead atoms. The van der Waals surface area contributed by atoms with Gasteiger partial charge in [0.15, 0.2) is 0 Å². The second-order valence-corrected chi connectivity index (χ2v) is 6.47. The van der Waals surface area contributed by atoms with Crippen molar-refractivity contribution in [2.45, 2.75) is 20.4 Å². The zero-order chi connectivity index (χ0) is 19.6. The SMILES string of the molecule is Cc1nn(Cc2ccc(C(=O)Nc3ccccc3Cl)cc2)c(C)c1[N+](=O)[O-]. The minimum Gasteiger partial charge on any atom is -0.321 e. The number of para-hydroxylation sites is 1. The van der Waals surface area contributed by atoms with Gasteiger partial charge in [0.1, 0.15) is 11.4 Å². The molecule has 3 aromatic rings. The monoisotopic (exact) mass is 384 g/mol. The van der Waals surface area contributed by atoms with E-state index in [1.165, 1.54) is 0 Å². The number of nitrogens with one attached hydrogen (secondary N) is 1. The van der Waals surface area contributed by atoms with Gasteiger partial charge in [-0.3, -0.25) is 19.6 Å². The molecule has 0 atom stereocenters. The van der Waals surface area contributed by atoms with Crippen molar-refractivity contribution in [1.29, 1.82) is 0 Å². The first-order valence-electron chi connectivity index (χ1n) is 8.20. The van der Waals surface area contributed by atoms with Crippen LogP contribution in [0.25, 0.3) is 0 Å². The van der Waals surface area contributed by atoms with Gasteiger partial charge in [0.05, 0.1) is 22.2 Å². The summed E-state index contributed by atoms with van der Waals surface area (Å²) in [6.45, 7) is 3.67. The summed E-state index contributed by atoms with van der Waals surface area (Å²) in [5.41, 5.74) is 2.82. The van der Waals surface area contributed by atoms with Gasteiger partial charge >= 0.3 is 5.69 Å². The van der Waals surface area contributed by atoms with Gasteiger partial charge in [-0.1, -0.05) is 35.9 Å². The summed E-state index contributed by atoms with van der Waals surface area (Å²) in [5.74, 6) is -0.267. The highest BCUT2D eigenvalue weighted by atomic mass is 35.5. The molecule has 1 aromatic heterocycles. The van der Waals surface area contributed by atoms with Crippen molar-refractivity contribution in [3.05, 3.63) is 86.2 Å². The van der Waals surface area contributed by atoms with Crippen LogP contribution in [0.5, 0.6) is 0 Å². The summed E-state index contributed by atoms with van der Waals surface area (Å²) in [6, 6.07) is 14.0. The highest BCUT2D eigenvalue weighted by Crippen LogP contribution is 2.23. The predicted molar refractivity (Wildman–Crippen MR) is 103 cm³/mol. The van der Waals surface area contributed by atoms with Gasteiger partial charge in [0, 0.05) is 5.56 Å². The molecule has 0 unspecified atom stereocenters. The molecule has 0 saturated heterocycles. The Morgan fingerprint density at radius 3 is 2.44 bits per heavy atom. The average Bonchev–Trinajstić information content (AvgIpc) is 2.91. The number of anilines is 1. The fourth-order valence-corrected chi connectivity index (χ4v) is 2.98. The minimum atomic E-state index is -0.420. The van der Waals surface area contributed by atoms with Crippen LogP contribution in [0.3, 0.4) is 0 Å². The maximum atomic E-state index is 12.4. The van der Waals surface area contributed by atoms with Gasteiger partial charge in [0.25, 0.3) is 5.91 Å². The summed E-state index contributed by atoms with van der Waals surface area (Å²) in [5, 5.41) is 18.6. The highest BCUT2D eigenvalue weighted by Gasteiger charge is 2.21. The molecule has 0 aliphatic heterocycles. The fraction of sp³-hybridized carbons (Fsp3) is 0.158. The third kappa shape index (κ3) is 3.98. The van der Waals surface area contributed by atoms with Crippen LogP contribution in [0, 0.1) is 24.0 Å². The van der Waals surface area contributed by atoms with Crippen molar-refractivity contribution < 1.29 is 9.72 Å². The highest BCUT2D eigenvalue weighted by molar-refractivity contribution is 6.33. The molecule has 0 aliphatic carbocycles. The molecule has 7 nitrogen and oxygen atoms in total. The van der Waals surface area contributed by atoms with E-state index in [1.807, 2.05) is 0 Å². The van der Waals surface area contributed by atoms with Crippen LogP contribution < -0.4 is 5.32 Å². The van der Waals surface area contributed by atoms with Crippen LogP contribution >= 0.6 is 11.6 Å². The van der Waals surface area contributed by atoms with Crippen LogP contribution in [-0.4, -0.2) is 20.6 Å². The van der Waals surface area contributed by atoms with E-state index in [9.17, 15) is 14.9 Å². The Bertz CT molecular complexity index is 1010. The van der Waals surface area contributed by atoms with E-state index in [-0.39, 0.29) is 11.6 Å². The Morgan fingerprint density at radius 2 is 1.85 bits per heavy atom. The van der Waals surface area contributed by atoms with Crippen LogP contribution in [0.15, 0.2) is 48.5 Å². The first-order chi connectivity index (χ1) is 12.9. The summed E-state index contributed by atoms with van der Waals surface area (Å²) in [4.78, 5) is 23.0. The number of nitro groups is 1. The number of carbonyl (C=O) groups excluding carboxylic acids is 1. The third-order valence-corrected chi connectivity index (χ3v) is 4.53. The van der Waals surface area contributed by atoms with Gasteiger partial charge in [0.2, 0.25) is 0 Å². The van der Waals surface area contributed by atoms with Gasteiger partial charge < -0.3 is 5.32 Å². The second kappa shape index (κ2) is 7.59. The van der Waals surface area contributed by atoms with E-state index in [0.29, 0.717) is 34.2 Å². The topological polar surface area (TPSA) is 90.1 Å². The Hall–Kier alpha value is -3.19. The average molecular weight is 385 g/mol. The molecule has 138 valence electrons. The summed E-state index contributed by atoms with van der Waals surface area (Å²) < 4.78 is 1.59. The van der Waals surface area contributed by atoms with Gasteiger partial charge in [-0.05, 0) is 43.7 Å². The van der Waals surface area contributed by atoms with E-state index >= 15 is 0 Å². The van der Waals surface area contributed by atoms with Crippen molar-refractivity contribution in [3.63, 3.8) is 0 Å². The predicted octanol–water partition coefficient (Wildman–Crippen LogP) is 4.36. The minimum absolute atomic E-state index is 0.0331. The lowest BCUT2D eigenvalue weighted by molar-refractivity contribution is -0.386. The van der Waals surface area contributed by atoms with Crippen LogP contribution in [0.4, 0.5) is 11.4 Å². The molecular weight excluding hydrogens is 368 g/mol. The standard InChI is InChI=1S/C19H17ClN4O3/c1-12-18(24(26)27)13(2)23(22-12)11-14-7-9-15(10-8-14)19(25)21-17-6-4-3-5-16(17)20/h3-10H,11H2,1-2H3,(H,21,25). The normalized spacial score (nSPS) is 10.6. The van der Waals surface area contributed by atoms with Gasteiger partial charge in [-0.25, -0.2) is 0 Å². The number of rotatable bonds is 5. The van der Waals surface area contributed by atoms with E-state index in [4.69, 9.17) is 11.6 Å². The van der Waals surface area contributed by atoms with Crippen LogP contribution in [-0.2, 0) is 6.54 Å². The lowest BCUT2D eigenvalue weighted by Crippen LogP contribution is -2.12. The van der Waals surface area contributed by atoms with Crippen LogP contribution in [0.1, 0.15) is 27.3 Å². The zero-order valence-corrected chi connectivity index (χ0v) is 15.5. The molecule has 0 fully saturated rings. The van der Waals surface area contributed by atoms with Crippen molar-refractivity contribution in [3.8, 4) is 0 Å². The van der Waals surface area contributed by atoms with Gasteiger partial charge in [-0.15, -0.1) is 0 Å². The number of halogens is 1. The first-order valence-corrected chi connectivity index (χ1v) is 8.58. The molecule has 0 spiro atoms. The molecule has 1 heterocycles. The van der Waals surface area contributed by atoms with E-state index in [1.54, 1.807) is 67.1 Å². The summed E-state index contributed by atoms with van der Waals surface area (Å²) in [7, 11) is 0. The molecule has 0 aliphatic rings.